The number of hydrogen-bond acceptors (Lipinski definition) is 4. The van der Waals surface area contributed by atoms with Crippen molar-refractivity contribution in [1.82, 2.24) is 15.0 Å². The molecule has 0 saturated carbocycles. The molecule has 2 heterocycles. The first kappa shape index (κ1) is 15.6. The molecule has 1 aliphatic carbocycles. The molecule has 0 radical (unpaired) electrons. The highest BCUT2D eigenvalue weighted by Gasteiger charge is 2.22. The summed E-state index contributed by atoms with van der Waals surface area (Å²) in [7, 11) is 0. The number of anilines is 1. The molecule has 6 heteroatoms. The van der Waals surface area contributed by atoms with Crippen LogP contribution in [0.2, 0.25) is 0 Å². The lowest BCUT2D eigenvalue weighted by atomic mass is 10.0. The number of pyridine rings is 1. The summed E-state index contributed by atoms with van der Waals surface area (Å²) in [6, 6.07) is 10.0. The number of rotatable bonds is 4. The van der Waals surface area contributed by atoms with Crippen LogP contribution < -0.4 is 5.32 Å². The fourth-order valence-corrected chi connectivity index (χ4v) is 2.94. The van der Waals surface area contributed by atoms with E-state index >= 15 is 0 Å². The summed E-state index contributed by atoms with van der Waals surface area (Å²) in [5.41, 5.74) is 4.87. The highest BCUT2D eigenvalue weighted by molar-refractivity contribution is 5.89. The van der Waals surface area contributed by atoms with Crippen LogP contribution in [0.4, 0.5) is 14.7 Å². The fraction of sp³-hybridized carbons (Fsp3) is 0.211. The predicted octanol–water partition coefficient (Wildman–Crippen LogP) is 4.33. The van der Waals surface area contributed by atoms with Crippen molar-refractivity contribution in [2.75, 3.05) is 11.9 Å². The van der Waals surface area contributed by atoms with Crippen LogP contribution in [0.3, 0.4) is 0 Å². The minimum atomic E-state index is -2.80. The van der Waals surface area contributed by atoms with Crippen molar-refractivity contribution >= 4 is 22.4 Å². The minimum Gasteiger partial charge on any atom is -0.348 e. The number of benzene rings is 1. The lowest BCUT2D eigenvalue weighted by Crippen LogP contribution is -2.24. The molecular formula is C19H18F2N4. The molecule has 0 saturated heterocycles. The second-order valence-corrected chi connectivity index (χ2v) is 6.21. The van der Waals surface area contributed by atoms with Crippen molar-refractivity contribution < 1.29 is 10.2 Å². The molecule has 25 heavy (non-hydrogen) atoms. The summed E-state index contributed by atoms with van der Waals surface area (Å²) in [4.78, 5) is 12.9. The number of fused-ring (bicyclic) bond motifs is 2. The maximum atomic E-state index is 13.0. The van der Waals surface area contributed by atoms with Crippen LogP contribution in [0.5, 0.6) is 0 Å². The molecule has 1 aliphatic rings. The monoisotopic (exact) mass is 340 g/mol. The van der Waals surface area contributed by atoms with Gasteiger partial charge in [-0.05, 0) is 29.3 Å². The highest BCUT2D eigenvalue weighted by Crippen LogP contribution is 2.33. The third kappa shape index (κ3) is 3.20. The Morgan fingerprint density at radius 3 is 2.96 bits per heavy atom. The number of allylic oxidation sites excluding steroid dienone is 1. The normalized spacial score (nSPS) is 13.6. The van der Waals surface area contributed by atoms with E-state index in [0.29, 0.717) is 6.42 Å². The Morgan fingerprint density at radius 1 is 1.24 bits per heavy atom. The van der Waals surface area contributed by atoms with Crippen LogP contribution in [0, 0.1) is 0 Å². The van der Waals surface area contributed by atoms with Gasteiger partial charge in [0.05, 0.1) is 17.8 Å². The zero-order valence-corrected chi connectivity index (χ0v) is 13.6. The largest absolute Gasteiger partial charge is 0.348 e. The topological polar surface area (TPSA) is 50.7 Å². The summed E-state index contributed by atoms with van der Waals surface area (Å²) in [6.07, 6.45) is 6.23. The summed E-state index contributed by atoms with van der Waals surface area (Å²) in [5.74, 6) is -2.57. The fourth-order valence-electron chi connectivity index (χ4n) is 2.94. The van der Waals surface area contributed by atoms with Crippen LogP contribution in [0.25, 0.3) is 16.5 Å². The first-order valence-electron chi connectivity index (χ1n) is 8.03. The molecule has 128 valence electrons. The molecule has 0 fully saturated rings. The van der Waals surface area contributed by atoms with Gasteiger partial charge in [0.25, 0.3) is 5.92 Å². The Labute approximate surface area is 145 Å². The zero-order valence-electron chi connectivity index (χ0n) is 13.6. The Kier molecular flexibility index (Phi) is 3.67. The number of nitrogens with one attached hydrogen (secondary N) is 1. The van der Waals surface area contributed by atoms with Gasteiger partial charge in [-0.15, -0.1) is 0 Å². The van der Waals surface area contributed by atoms with Crippen LogP contribution in [0.1, 0.15) is 25.2 Å². The van der Waals surface area contributed by atoms with Gasteiger partial charge in [-0.25, -0.2) is 18.7 Å². The first-order chi connectivity index (χ1) is 12.0. The van der Waals surface area contributed by atoms with Crippen molar-refractivity contribution in [3.8, 4) is 0 Å². The van der Waals surface area contributed by atoms with E-state index in [9.17, 15) is 8.78 Å². The van der Waals surface area contributed by atoms with Crippen LogP contribution in [0.15, 0.2) is 48.8 Å². The van der Waals surface area contributed by atoms with E-state index in [1.807, 2.05) is 24.3 Å². The molecule has 2 aromatic heterocycles. The van der Waals surface area contributed by atoms with Crippen molar-refractivity contribution in [3.63, 3.8) is 0 Å². The number of aromatic nitrogens is 3. The van der Waals surface area contributed by atoms with E-state index in [1.54, 1.807) is 12.4 Å². The average Bonchev–Trinajstić information content (AvgIpc) is 3.02. The van der Waals surface area contributed by atoms with E-state index in [2.05, 4.69) is 32.4 Å². The molecule has 1 aromatic carbocycles. The molecule has 0 atom stereocenters. The molecule has 0 bridgehead atoms. The highest BCUT2D eigenvalue weighted by atomic mass is 19.3. The molecule has 0 amide bonds. The number of hydrogen-bond donors (Lipinski definition) is 1. The SMILES string of the molecule is CC(F)(F)CNc1ncc2c(n1)CC=C2c1ccc2ncccc2c1.[HH]. The summed E-state index contributed by atoms with van der Waals surface area (Å²) >= 11 is 0. The number of alkyl halides is 2. The van der Waals surface area contributed by atoms with E-state index in [-0.39, 0.29) is 7.37 Å². The number of nitrogens with zero attached hydrogens (tertiary/aromatic N) is 3. The van der Waals surface area contributed by atoms with E-state index < -0.39 is 12.5 Å². The zero-order chi connectivity index (χ0) is 17.4. The quantitative estimate of drug-likeness (QED) is 0.768. The molecular weight excluding hydrogens is 322 g/mol. The summed E-state index contributed by atoms with van der Waals surface area (Å²) < 4.78 is 25.9. The third-order valence-corrected chi connectivity index (χ3v) is 4.13. The van der Waals surface area contributed by atoms with Gasteiger partial charge in [0.1, 0.15) is 0 Å². The van der Waals surface area contributed by atoms with Crippen LogP contribution >= 0.6 is 0 Å². The van der Waals surface area contributed by atoms with Gasteiger partial charge >= 0.3 is 0 Å². The molecule has 4 rings (SSSR count). The van der Waals surface area contributed by atoms with E-state index in [1.165, 1.54) is 0 Å². The minimum absolute atomic E-state index is 0. The smallest absolute Gasteiger partial charge is 0.262 e. The standard InChI is InChI=1S/C19H16F2N4.H2/c1-19(20,21)11-24-18-23-10-15-14(5-7-17(15)25-18)12-4-6-16-13(9-12)3-2-8-22-16;/h2-6,8-10H,7,11H2,1H3,(H,23,24,25);1H. The van der Waals surface area contributed by atoms with Crippen LogP contribution in [-0.2, 0) is 6.42 Å². The Morgan fingerprint density at radius 2 is 2.12 bits per heavy atom. The van der Waals surface area contributed by atoms with Gasteiger partial charge in [0.2, 0.25) is 5.95 Å². The molecule has 3 aromatic rings. The lowest BCUT2D eigenvalue weighted by Gasteiger charge is -2.12. The Hall–Kier alpha value is -2.89. The second-order valence-electron chi connectivity index (χ2n) is 6.21. The van der Waals surface area contributed by atoms with Crippen molar-refractivity contribution in [1.29, 1.82) is 0 Å². The average molecular weight is 340 g/mol. The van der Waals surface area contributed by atoms with Gasteiger partial charge in [0, 0.05) is 38.1 Å². The summed E-state index contributed by atoms with van der Waals surface area (Å²) in [5, 5.41) is 3.66. The third-order valence-electron chi connectivity index (χ3n) is 4.13. The second kappa shape index (κ2) is 5.88. The maximum absolute atomic E-state index is 13.0. The van der Waals surface area contributed by atoms with Gasteiger partial charge < -0.3 is 5.32 Å². The maximum Gasteiger partial charge on any atom is 0.262 e. The molecule has 1 N–H and O–H groups in total. The summed E-state index contributed by atoms with van der Waals surface area (Å²) in [6.45, 7) is 0.380. The number of halogens is 2. The van der Waals surface area contributed by atoms with Gasteiger partial charge in [-0.1, -0.05) is 18.2 Å². The molecule has 0 aliphatic heterocycles. The van der Waals surface area contributed by atoms with E-state index in [0.717, 1.165) is 40.2 Å². The van der Waals surface area contributed by atoms with Gasteiger partial charge in [-0.3, -0.25) is 4.98 Å². The lowest BCUT2D eigenvalue weighted by molar-refractivity contribution is 0.0366. The van der Waals surface area contributed by atoms with Crippen molar-refractivity contribution in [3.05, 3.63) is 65.6 Å². The molecule has 4 nitrogen and oxygen atoms in total. The predicted molar refractivity (Wildman–Crippen MR) is 95.8 cm³/mol. The Balaban J connectivity index is 0.00000196. The molecule has 0 unspecified atom stereocenters. The first-order valence-corrected chi connectivity index (χ1v) is 8.03. The van der Waals surface area contributed by atoms with Crippen molar-refractivity contribution in [2.45, 2.75) is 19.3 Å². The molecule has 0 spiro atoms. The van der Waals surface area contributed by atoms with Gasteiger partial charge in [0.15, 0.2) is 0 Å². The van der Waals surface area contributed by atoms with Crippen molar-refractivity contribution in [2.24, 2.45) is 0 Å². The Bertz CT molecular complexity index is 983. The van der Waals surface area contributed by atoms with Crippen LogP contribution in [-0.4, -0.2) is 27.4 Å². The van der Waals surface area contributed by atoms with E-state index in [4.69, 9.17) is 0 Å². The van der Waals surface area contributed by atoms with Gasteiger partial charge in [-0.2, -0.15) is 0 Å².